The van der Waals surface area contributed by atoms with Gasteiger partial charge in [0.2, 0.25) is 5.88 Å². The van der Waals surface area contributed by atoms with Crippen molar-refractivity contribution in [3.63, 3.8) is 0 Å². The van der Waals surface area contributed by atoms with Crippen molar-refractivity contribution in [2.24, 2.45) is 0 Å². The molecule has 2 heterocycles. The highest BCUT2D eigenvalue weighted by molar-refractivity contribution is 6.03. The molecular weight excluding hydrogens is 347 g/mol. The van der Waals surface area contributed by atoms with Gasteiger partial charge in [-0.25, -0.2) is 13.2 Å². The van der Waals surface area contributed by atoms with E-state index in [1.165, 1.54) is 6.07 Å². The molecule has 2 aromatic rings. The van der Waals surface area contributed by atoms with Gasteiger partial charge in [0.25, 0.3) is 5.91 Å². The molecule has 0 unspecified atom stereocenters. The van der Waals surface area contributed by atoms with Gasteiger partial charge in [-0.2, -0.15) is 4.98 Å². The van der Waals surface area contributed by atoms with Gasteiger partial charge in [0, 0.05) is 25.2 Å². The number of piperidine rings is 1. The van der Waals surface area contributed by atoms with Crippen LogP contribution in [0.3, 0.4) is 0 Å². The number of hydrogen-bond acceptors (Lipinski definition) is 4. The van der Waals surface area contributed by atoms with Crippen LogP contribution >= 0.6 is 0 Å². The molecule has 8 heteroatoms. The molecule has 3 rings (SSSR count). The van der Waals surface area contributed by atoms with E-state index in [1.807, 2.05) is 7.05 Å². The molecule has 1 aliphatic heterocycles. The van der Waals surface area contributed by atoms with Gasteiger partial charge in [0.15, 0.2) is 11.6 Å². The Morgan fingerprint density at radius 1 is 1.15 bits per heavy atom. The van der Waals surface area contributed by atoms with E-state index in [0.29, 0.717) is 18.0 Å². The molecular formula is C18H18F3N3O2. The highest BCUT2D eigenvalue weighted by atomic mass is 19.2. The standard InChI is InChI=1S/C18H18F3N3O2/c1-24-7-5-11(6-8-24)26-17-4-2-3-16(22-17)23-18(25)12-9-14(20)15(21)10-13(12)19/h2-4,9-11H,5-8H2,1H3,(H,22,23,25). The van der Waals surface area contributed by atoms with Crippen LogP contribution in [0.15, 0.2) is 30.3 Å². The third-order valence-corrected chi connectivity index (χ3v) is 4.17. The summed E-state index contributed by atoms with van der Waals surface area (Å²) in [6.45, 7) is 1.85. The van der Waals surface area contributed by atoms with Crippen molar-refractivity contribution in [1.29, 1.82) is 0 Å². The lowest BCUT2D eigenvalue weighted by molar-refractivity contribution is 0.102. The molecule has 1 N–H and O–H groups in total. The topological polar surface area (TPSA) is 54.5 Å². The number of halogens is 3. The summed E-state index contributed by atoms with van der Waals surface area (Å²) >= 11 is 0. The number of rotatable bonds is 4. The lowest BCUT2D eigenvalue weighted by Crippen LogP contribution is -2.35. The summed E-state index contributed by atoms with van der Waals surface area (Å²) in [5.74, 6) is -4.27. The lowest BCUT2D eigenvalue weighted by Gasteiger charge is -2.28. The Labute approximate surface area is 148 Å². The molecule has 1 fully saturated rings. The summed E-state index contributed by atoms with van der Waals surface area (Å²) in [6.07, 6.45) is 1.78. The van der Waals surface area contributed by atoms with E-state index in [0.717, 1.165) is 25.9 Å². The highest BCUT2D eigenvalue weighted by Crippen LogP contribution is 2.20. The summed E-state index contributed by atoms with van der Waals surface area (Å²) in [5.41, 5.74) is -0.604. The fraction of sp³-hybridized carbons (Fsp3) is 0.333. The lowest BCUT2D eigenvalue weighted by atomic mass is 10.1. The highest BCUT2D eigenvalue weighted by Gasteiger charge is 2.19. The van der Waals surface area contributed by atoms with Crippen molar-refractivity contribution in [2.75, 3.05) is 25.5 Å². The Hall–Kier alpha value is -2.61. The minimum Gasteiger partial charge on any atom is -0.474 e. The predicted octanol–water partition coefficient (Wildman–Crippen LogP) is 3.22. The van der Waals surface area contributed by atoms with Crippen molar-refractivity contribution in [2.45, 2.75) is 18.9 Å². The number of pyridine rings is 1. The van der Waals surface area contributed by atoms with Crippen molar-refractivity contribution < 1.29 is 22.7 Å². The van der Waals surface area contributed by atoms with Gasteiger partial charge < -0.3 is 15.0 Å². The maximum atomic E-state index is 13.7. The quantitative estimate of drug-likeness (QED) is 0.846. The average molecular weight is 365 g/mol. The molecule has 1 aromatic heterocycles. The first-order valence-corrected chi connectivity index (χ1v) is 8.20. The number of likely N-dealkylation sites (tertiary alicyclic amines) is 1. The van der Waals surface area contributed by atoms with E-state index in [1.54, 1.807) is 12.1 Å². The van der Waals surface area contributed by atoms with E-state index in [-0.39, 0.29) is 11.9 Å². The van der Waals surface area contributed by atoms with Crippen LogP contribution in [0.4, 0.5) is 19.0 Å². The zero-order valence-electron chi connectivity index (χ0n) is 14.1. The van der Waals surface area contributed by atoms with E-state index in [4.69, 9.17) is 4.74 Å². The van der Waals surface area contributed by atoms with Gasteiger partial charge in [-0.3, -0.25) is 4.79 Å². The third kappa shape index (κ3) is 4.32. The van der Waals surface area contributed by atoms with Gasteiger partial charge in [0.05, 0.1) is 5.56 Å². The van der Waals surface area contributed by atoms with Crippen molar-refractivity contribution in [3.05, 3.63) is 53.3 Å². The van der Waals surface area contributed by atoms with Crippen LogP contribution in [-0.2, 0) is 0 Å². The zero-order valence-corrected chi connectivity index (χ0v) is 14.1. The van der Waals surface area contributed by atoms with Crippen LogP contribution in [0.5, 0.6) is 5.88 Å². The van der Waals surface area contributed by atoms with Gasteiger partial charge in [-0.1, -0.05) is 6.07 Å². The Kier molecular flexibility index (Phi) is 5.41. The largest absolute Gasteiger partial charge is 0.474 e. The summed E-state index contributed by atoms with van der Waals surface area (Å²) < 4.78 is 45.7. The number of amides is 1. The summed E-state index contributed by atoms with van der Waals surface area (Å²) in [5, 5.41) is 2.36. The second-order valence-corrected chi connectivity index (χ2v) is 6.18. The molecule has 138 valence electrons. The number of nitrogens with one attached hydrogen (secondary N) is 1. The molecule has 0 radical (unpaired) electrons. The number of aromatic nitrogens is 1. The number of anilines is 1. The second-order valence-electron chi connectivity index (χ2n) is 6.18. The number of benzene rings is 1. The van der Waals surface area contributed by atoms with Crippen molar-refractivity contribution >= 4 is 11.7 Å². The fourth-order valence-electron chi connectivity index (χ4n) is 2.70. The van der Waals surface area contributed by atoms with E-state index in [2.05, 4.69) is 15.2 Å². The molecule has 0 spiro atoms. The number of ether oxygens (including phenoxy) is 1. The summed E-state index contributed by atoms with van der Waals surface area (Å²) in [6, 6.07) is 5.63. The van der Waals surface area contributed by atoms with Crippen LogP contribution < -0.4 is 10.1 Å². The fourth-order valence-corrected chi connectivity index (χ4v) is 2.70. The smallest absolute Gasteiger partial charge is 0.259 e. The predicted molar refractivity (Wildman–Crippen MR) is 89.7 cm³/mol. The maximum Gasteiger partial charge on any atom is 0.259 e. The molecule has 1 aliphatic rings. The normalized spacial score (nSPS) is 15.7. The van der Waals surface area contributed by atoms with E-state index >= 15 is 0 Å². The summed E-state index contributed by atoms with van der Waals surface area (Å²) in [4.78, 5) is 18.5. The van der Waals surface area contributed by atoms with E-state index < -0.39 is 28.9 Å². The Bertz CT molecular complexity index is 808. The molecule has 5 nitrogen and oxygen atoms in total. The maximum absolute atomic E-state index is 13.7. The number of hydrogen-bond donors (Lipinski definition) is 1. The third-order valence-electron chi connectivity index (χ3n) is 4.17. The van der Waals surface area contributed by atoms with Crippen LogP contribution in [-0.4, -0.2) is 42.0 Å². The SMILES string of the molecule is CN1CCC(Oc2cccc(NC(=O)c3cc(F)c(F)cc3F)n2)CC1. The second kappa shape index (κ2) is 7.74. The van der Waals surface area contributed by atoms with Gasteiger partial charge in [-0.05, 0) is 32.0 Å². The molecule has 1 aromatic carbocycles. The molecule has 0 saturated carbocycles. The van der Waals surface area contributed by atoms with Gasteiger partial charge >= 0.3 is 0 Å². The average Bonchev–Trinajstić information content (AvgIpc) is 2.60. The molecule has 0 atom stereocenters. The first-order valence-electron chi connectivity index (χ1n) is 8.20. The van der Waals surface area contributed by atoms with Crippen LogP contribution in [0.2, 0.25) is 0 Å². The van der Waals surface area contributed by atoms with Gasteiger partial charge in [-0.15, -0.1) is 0 Å². The van der Waals surface area contributed by atoms with Crippen LogP contribution in [0, 0.1) is 17.5 Å². The monoisotopic (exact) mass is 365 g/mol. The van der Waals surface area contributed by atoms with Gasteiger partial charge in [0.1, 0.15) is 17.7 Å². The van der Waals surface area contributed by atoms with Crippen molar-refractivity contribution in [3.8, 4) is 5.88 Å². The molecule has 1 saturated heterocycles. The van der Waals surface area contributed by atoms with Crippen LogP contribution in [0.1, 0.15) is 23.2 Å². The first kappa shape index (κ1) is 18.2. The first-order chi connectivity index (χ1) is 12.4. The Morgan fingerprint density at radius 3 is 2.58 bits per heavy atom. The van der Waals surface area contributed by atoms with Crippen LogP contribution in [0.25, 0.3) is 0 Å². The number of carbonyl (C=O) groups is 1. The minimum absolute atomic E-state index is 0.0355. The molecule has 0 aliphatic carbocycles. The Balaban J connectivity index is 1.68. The minimum atomic E-state index is -1.36. The number of nitrogens with zero attached hydrogens (tertiary/aromatic N) is 2. The molecule has 0 bridgehead atoms. The molecule has 26 heavy (non-hydrogen) atoms. The number of carbonyl (C=O) groups excluding carboxylic acids is 1. The molecule has 1 amide bonds. The van der Waals surface area contributed by atoms with E-state index in [9.17, 15) is 18.0 Å². The zero-order chi connectivity index (χ0) is 18.7. The Morgan fingerprint density at radius 2 is 1.85 bits per heavy atom. The summed E-state index contributed by atoms with van der Waals surface area (Å²) in [7, 11) is 2.04. The van der Waals surface area contributed by atoms with Crippen molar-refractivity contribution in [1.82, 2.24) is 9.88 Å².